The van der Waals surface area contributed by atoms with E-state index in [4.69, 9.17) is 5.11 Å². The van der Waals surface area contributed by atoms with E-state index in [9.17, 15) is 9.59 Å². The summed E-state index contributed by atoms with van der Waals surface area (Å²) in [5, 5.41) is 11.6. The topological polar surface area (TPSA) is 66.4 Å². The summed E-state index contributed by atoms with van der Waals surface area (Å²) >= 11 is 0. The van der Waals surface area contributed by atoms with Gasteiger partial charge in [-0.15, -0.1) is 0 Å². The smallest absolute Gasteiger partial charge is 0.307 e. The lowest BCUT2D eigenvalue weighted by Crippen LogP contribution is -2.42. The van der Waals surface area contributed by atoms with E-state index in [0.29, 0.717) is 6.42 Å². The van der Waals surface area contributed by atoms with Crippen molar-refractivity contribution < 1.29 is 14.7 Å². The monoisotopic (exact) mass is 213 g/mol. The third-order valence-corrected chi connectivity index (χ3v) is 3.10. The number of amides is 1. The van der Waals surface area contributed by atoms with Crippen molar-refractivity contribution in [3.63, 3.8) is 0 Å². The number of carbonyl (C=O) groups excluding carboxylic acids is 1. The average Bonchev–Trinajstić information content (AvgIpc) is 2.80. The predicted molar refractivity (Wildman–Crippen MR) is 56.3 cm³/mol. The molecule has 4 heteroatoms. The first-order chi connectivity index (χ1) is 6.73. The summed E-state index contributed by atoms with van der Waals surface area (Å²) in [6.07, 6.45) is 0.484. The van der Waals surface area contributed by atoms with Gasteiger partial charge in [0, 0.05) is 6.04 Å². The van der Waals surface area contributed by atoms with Crippen LogP contribution in [0.15, 0.2) is 0 Å². The maximum Gasteiger partial charge on any atom is 0.307 e. The quantitative estimate of drug-likeness (QED) is 0.741. The van der Waals surface area contributed by atoms with E-state index in [0.717, 1.165) is 0 Å². The summed E-state index contributed by atoms with van der Waals surface area (Å²) in [7, 11) is 0. The van der Waals surface area contributed by atoms with E-state index in [1.165, 1.54) is 0 Å². The molecular formula is C11H19NO3. The second-order valence-corrected chi connectivity index (χ2v) is 5.38. The van der Waals surface area contributed by atoms with Crippen molar-refractivity contribution in [3.8, 4) is 0 Å². The van der Waals surface area contributed by atoms with Gasteiger partial charge in [-0.05, 0) is 18.8 Å². The van der Waals surface area contributed by atoms with Gasteiger partial charge in [-0.25, -0.2) is 0 Å². The van der Waals surface area contributed by atoms with Gasteiger partial charge >= 0.3 is 5.97 Å². The molecule has 0 spiro atoms. The van der Waals surface area contributed by atoms with Crippen LogP contribution in [-0.4, -0.2) is 23.0 Å². The molecule has 2 N–H and O–H groups in total. The van der Waals surface area contributed by atoms with Crippen molar-refractivity contribution in [2.45, 2.75) is 40.2 Å². The Kier molecular flexibility index (Phi) is 3.07. The number of carbonyl (C=O) groups is 2. The molecule has 4 nitrogen and oxygen atoms in total. The summed E-state index contributed by atoms with van der Waals surface area (Å²) in [4.78, 5) is 22.2. The Hall–Kier alpha value is -1.06. The minimum Gasteiger partial charge on any atom is -0.481 e. The highest BCUT2D eigenvalue weighted by molar-refractivity contribution is 5.89. The predicted octanol–water partition coefficient (Wildman–Crippen LogP) is 1.26. The van der Waals surface area contributed by atoms with Gasteiger partial charge in [0.05, 0.1) is 11.8 Å². The van der Waals surface area contributed by atoms with E-state index < -0.39 is 11.9 Å². The number of hydrogen-bond acceptors (Lipinski definition) is 2. The summed E-state index contributed by atoms with van der Waals surface area (Å²) in [6.45, 7) is 8.06. The third kappa shape index (κ3) is 2.94. The van der Waals surface area contributed by atoms with E-state index in [2.05, 4.69) is 5.32 Å². The molecule has 0 aromatic rings. The van der Waals surface area contributed by atoms with Gasteiger partial charge in [0.1, 0.15) is 0 Å². The SMILES string of the molecule is CC(NC(=O)[C@@H]1C[C@@H]1C(=O)O)C(C)(C)C. The first-order valence-electron chi connectivity index (χ1n) is 5.26. The summed E-state index contributed by atoms with van der Waals surface area (Å²) in [5.41, 5.74) is 0.00324. The maximum absolute atomic E-state index is 11.6. The van der Waals surface area contributed by atoms with E-state index >= 15 is 0 Å². The highest BCUT2D eigenvalue weighted by atomic mass is 16.4. The Labute approximate surface area is 90.0 Å². The Balaban J connectivity index is 2.42. The summed E-state index contributed by atoms with van der Waals surface area (Å²) in [6, 6.07) is 0.0556. The van der Waals surface area contributed by atoms with Crippen molar-refractivity contribution in [1.82, 2.24) is 5.32 Å². The van der Waals surface area contributed by atoms with Crippen LogP contribution in [-0.2, 0) is 9.59 Å². The summed E-state index contributed by atoms with van der Waals surface area (Å²) in [5.74, 6) is -1.76. The zero-order valence-corrected chi connectivity index (χ0v) is 9.70. The molecule has 15 heavy (non-hydrogen) atoms. The van der Waals surface area contributed by atoms with Crippen LogP contribution in [0.25, 0.3) is 0 Å². The average molecular weight is 213 g/mol. The van der Waals surface area contributed by atoms with Gasteiger partial charge in [-0.3, -0.25) is 9.59 Å². The molecule has 1 fully saturated rings. The second-order valence-electron chi connectivity index (χ2n) is 5.38. The molecule has 1 aliphatic carbocycles. The van der Waals surface area contributed by atoms with Gasteiger partial charge in [0.15, 0.2) is 0 Å². The molecule has 0 bridgehead atoms. The number of hydrogen-bond donors (Lipinski definition) is 2. The van der Waals surface area contributed by atoms with Crippen LogP contribution in [0.3, 0.4) is 0 Å². The van der Waals surface area contributed by atoms with Crippen LogP contribution in [0.1, 0.15) is 34.1 Å². The van der Waals surface area contributed by atoms with Crippen LogP contribution in [0, 0.1) is 17.3 Å². The Morgan fingerprint density at radius 2 is 1.87 bits per heavy atom. The number of nitrogens with one attached hydrogen (secondary N) is 1. The molecule has 1 rings (SSSR count). The molecule has 0 aromatic heterocycles. The molecule has 1 saturated carbocycles. The van der Waals surface area contributed by atoms with E-state index in [-0.39, 0.29) is 23.3 Å². The maximum atomic E-state index is 11.6. The van der Waals surface area contributed by atoms with Crippen LogP contribution < -0.4 is 5.32 Å². The molecule has 3 atom stereocenters. The zero-order chi connectivity index (χ0) is 11.8. The molecular weight excluding hydrogens is 194 g/mol. The van der Waals surface area contributed by atoms with Gasteiger partial charge in [-0.1, -0.05) is 20.8 Å². The molecule has 0 heterocycles. The Morgan fingerprint density at radius 3 is 2.20 bits per heavy atom. The van der Waals surface area contributed by atoms with E-state index in [1.807, 2.05) is 27.7 Å². The van der Waals surface area contributed by atoms with Gasteiger partial charge in [0.25, 0.3) is 0 Å². The normalized spacial score (nSPS) is 26.9. The first-order valence-corrected chi connectivity index (χ1v) is 5.26. The van der Waals surface area contributed by atoms with Gasteiger partial charge < -0.3 is 10.4 Å². The molecule has 0 aliphatic heterocycles. The van der Waals surface area contributed by atoms with Crippen LogP contribution >= 0.6 is 0 Å². The lowest BCUT2D eigenvalue weighted by atomic mass is 9.88. The van der Waals surface area contributed by atoms with Crippen molar-refractivity contribution in [2.24, 2.45) is 17.3 Å². The standard InChI is InChI=1S/C11H19NO3/c1-6(11(2,3)4)12-9(13)7-5-8(7)10(14)15/h6-8H,5H2,1-4H3,(H,12,13)(H,14,15)/t6?,7-,8+/m1/s1. The lowest BCUT2D eigenvalue weighted by Gasteiger charge is -2.28. The number of carboxylic acid groups (broad SMARTS) is 1. The van der Waals surface area contributed by atoms with Crippen molar-refractivity contribution in [3.05, 3.63) is 0 Å². The molecule has 1 aliphatic rings. The van der Waals surface area contributed by atoms with Crippen molar-refractivity contribution in [2.75, 3.05) is 0 Å². The highest BCUT2D eigenvalue weighted by Crippen LogP contribution is 2.39. The number of rotatable bonds is 3. The zero-order valence-electron chi connectivity index (χ0n) is 9.70. The molecule has 1 unspecified atom stereocenters. The minimum atomic E-state index is -0.862. The van der Waals surface area contributed by atoms with Crippen LogP contribution in [0.5, 0.6) is 0 Å². The number of carboxylic acids is 1. The lowest BCUT2D eigenvalue weighted by molar-refractivity contribution is -0.140. The molecule has 0 saturated heterocycles. The molecule has 86 valence electrons. The first kappa shape index (κ1) is 12.0. The third-order valence-electron chi connectivity index (χ3n) is 3.10. The molecule has 0 radical (unpaired) electrons. The summed E-state index contributed by atoms with van der Waals surface area (Å²) < 4.78 is 0. The van der Waals surface area contributed by atoms with Crippen LogP contribution in [0.4, 0.5) is 0 Å². The fraction of sp³-hybridized carbons (Fsp3) is 0.818. The van der Waals surface area contributed by atoms with Gasteiger partial charge in [-0.2, -0.15) is 0 Å². The Morgan fingerprint density at radius 1 is 1.33 bits per heavy atom. The fourth-order valence-electron chi connectivity index (χ4n) is 1.29. The number of aliphatic carboxylic acids is 1. The van der Waals surface area contributed by atoms with E-state index in [1.54, 1.807) is 0 Å². The van der Waals surface area contributed by atoms with Crippen LogP contribution in [0.2, 0.25) is 0 Å². The van der Waals surface area contributed by atoms with Gasteiger partial charge in [0.2, 0.25) is 5.91 Å². The minimum absolute atomic E-state index is 0.00324. The fourth-order valence-corrected chi connectivity index (χ4v) is 1.29. The van der Waals surface area contributed by atoms with Crippen molar-refractivity contribution >= 4 is 11.9 Å². The Bertz CT molecular complexity index is 280. The second kappa shape index (κ2) is 3.83. The molecule has 1 amide bonds. The molecule has 0 aromatic carbocycles. The van der Waals surface area contributed by atoms with Crippen molar-refractivity contribution in [1.29, 1.82) is 0 Å². The highest BCUT2D eigenvalue weighted by Gasteiger charge is 2.48. The largest absolute Gasteiger partial charge is 0.481 e.